The first-order valence-electron chi connectivity index (χ1n) is 10.4. The van der Waals surface area contributed by atoms with Crippen LogP contribution >= 0.6 is 0 Å². The van der Waals surface area contributed by atoms with Gasteiger partial charge in [0.15, 0.2) is 11.3 Å². The molecule has 4 heterocycles. The molecule has 5 aromatic rings. The first-order chi connectivity index (χ1) is 16.0. The number of tetrazole rings is 1. The van der Waals surface area contributed by atoms with Gasteiger partial charge >= 0.3 is 5.97 Å². The normalized spacial score (nSPS) is 11.2. The Hall–Kier alpha value is -4.47. The molecule has 0 aliphatic heterocycles. The molecule has 0 amide bonds. The molecule has 0 aliphatic carbocycles. The maximum Gasteiger partial charge on any atom is 0.354 e. The predicted octanol–water partition coefficient (Wildman–Crippen LogP) is 3.29. The van der Waals surface area contributed by atoms with Gasteiger partial charge in [0.1, 0.15) is 17.0 Å². The average molecular weight is 440 g/mol. The molecule has 0 saturated heterocycles. The number of carboxylic acid groups (broad SMARTS) is 1. The van der Waals surface area contributed by atoms with Crippen LogP contribution in [0, 0.1) is 6.92 Å². The van der Waals surface area contributed by atoms with Crippen LogP contribution in [0.4, 0.5) is 0 Å². The predicted molar refractivity (Wildman–Crippen MR) is 121 cm³/mol. The van der Waals surface area contributed by atoms with Gasteiger partial charge in [-0.25, -0.2) is 14.8 Å². The molecule has 4 aromatic heterocycles. The second-order valence-corrected chi connectivity index (χ2v) is 7.60. The molecule has 0 unspecified atom stereocenters. The van der Waals surface area contributed by atoms with E-state index in [-0.39, 0.29) is 5.69 Å². The van der Waals surface area contributed by atoms with Gasteiger partial charge in [0, 0.05) is 18.2 Å². The number of carbonyl (C=O) groups is 1. The Morgan fingerprint density at radius 1 is 1.15 bits per heavy atom. The Morgan fingerprint density at radius 3 is 2.67 bits per heavy atom. The second-order valence-electron chi connectivity index (χ2n) is 7.60. The number of aromatic nitrogens is 8. The minimum atomic E-state index is -1.05. The molecule has 10 heteroatoms. The quantitative estimate of drug-likeness (QED) is 0.411. The largest absolute Gasteiger partial charge is 0.477 e. The zero-order valence-electron chi connectivity index (χ0n) is 18.0. The zero-order chi connectivity index (χ0) is 22.9. The summed E-state index contributed by atoms with van der Waals surface area (Å²) in [4.78, 5) is 25.0. The van der Waals surface area contributed by atoms with Crippen molar-refractivity contribution in [1.82, 2.24) is 40.1 Å². The molecule has 0 fully saturated rings. The molecule has 33 heavy (non-hydrogen) atoms. The third kappa shape index (κ3) is 3.71. The first kappa shape index (κ1) is 20.4. The Bertz CT molecular complexity index is 1460. The van der Waals surface area contributed by atoms with Crippen LogP contribution in [-0.4, -0.2) is 51.2 Å². The number of carboxylic acids is 1. The summed E-state index contributed by atoms with van der Waals surface area (Å²) >= 11 is 0. The fraction of sp³-hybridized carbons (Fsp3) is 0.174. The summed E-state index contributed by atoms with van der Waals surface area (Å²) in [6, 6.07) is 13.5. The van der Waals surface area contributed by atoms with Crippen molar-refractivity contribution in [3.8, 4) is 22.6 Å². The summed E-state index contributed by atoms with van der Waals surface area (Å²) in [5.74, 6) is 0.241. The van der Waals surface area contributed by atoms with Gasteiger partial charge in [0.05, 0.1) is 6.54 Å². The Labute approximate surface area is 188 Å². The maximum atomic E-state index is 11.5. The highest BCUT2D eigenvalue weighted by molar-refractivity contribution is 5.89. The van der Waals surface area contributed by atoms with Gasteiger partial charge in [-0.1, -0.05) is 37.3 Å². The van der Waals surface area contributed by atoms with E-state index in [9.17, 15) is 9.90 Å². The van der Waals surface area contributed by atoms with Crippen molar-refractivity contribution < 1.29 is 9.90 Å². The van der Waals surface area contributed by atoms with Crippen molar-refractivity contribution in [2.75, 3.05) is 0 Å². The van der Waals surface area contributed by atoms with Crippen molar-refractivity contribution in [2.24, 2.45) is 0 Å². The number of nitrogens with zero attached hydrogens (tertiary/aromatic N) is 7. The molecule has 0 bridgehead atoms. The summed E-state index contributed by atoms with van der Waals surface area (Å²) in [5, 5.41) is 23.6. The first-order valence-corrected chi connectivity index (χ1v) is 10.4. The number of hydrogen-bond acceptors (Lipinski definition) is 7. The number of aromatic amines is 1. The summed E-state index contributed by atoms with van der Waals surface area (Å²) in [7, 11) is 0. The van der Waals surface area contributed by atoms with Crippen molar-refractivity contribution in [1.29, 1.82) is 0 Å². The van der Waals surface area contributed by atoms with Crippen molar-refractivity contribution in [2.45, 2.75) is 26.8 Å². The molecule has 0 radical (unpaired) electrons. The number of aromatic carboxylic acids is 1. The van der Waals surface area contributed by atoms with Crippen LogP contribution in [0.3, 0.4) is 0 Å². The number of H-pyrrole nitrogens is 1. The number of benzene rings is 1. The second kappa shape index (κ2) is 8.23. The van der Waals surface area contributed by atoms with Gasteiger partial charge in [-0.3, -0.25) is 4.98 Å². The average Bonchev–Trinajstić information content (AvgIpc) is 3.48. The van der Waals surface area contributed by atoms with E-state index in [1.165, 1.54) is 0 Å². The highest BCUT2D eigenvalue weighted by Gasteiger charge is 2.17. The van der Waals surface area contributed by atoms with Crippen molar-refractivity contribution in [3.63, 3.8) is 0 Å². The highest BCUT2D eigenvalue weighted by Crippen LogP contribution is 2.28. The molecule has 1 aromatic carbocycles. The Morgan fingerprint density at radius 2 is 1.97 bits per heavy atom. The Balaban J connectivity index is 1.52. The van der Waals surface area contributed by atoms with Crippen molar-refractivity contribution >= 4 is 17.1 Å². The molecule has 164 valence electrons. The third-order valence-electron chi connectivity index (χ3n) is 5.48. The fourth-order valence-electron chi connectivity index (χ4n) is 3.88. The Kier molecular flexibility index (Phi) is 5.09. The van der Waals surface area contributed by atoms with E-state index in [0.29, 0.717) is 30.1 Å². The lowest BCUT2D eigenvalue weighted by Gasteiger charge is -2.10. The van der Waals surface area contributed by atoms with Crippen LogP contribution in [0.2, 0.25) is 0 Å². The number of hydrogen-bond donors (Lipinski definition) is 2. The molecule has 0 aliphatic rings. The van der Waals surface area contributed by atoms with E-state index in [0.717, 1.165) is 33.6 Å². The standard InChI is InChI=1S/C23H20N8O2/c1-3-18-26-19-13(2)11-17(23(32)33)25-22(19)31(18)12-14-6-8-15(9-7-14)16-5-4-10-24-20(16)21-27-29-30-28-21/h4-11H,3,12H2,1-2H3,(H,32,33)(H,27,28,29,30). The molecule has 0 spiro atoms. The highest BCUT2D eigenvalue weighted by atomic mass is 16.4. The van der Waals surface area contributed by atoms with Crippen LogP contribution in [0.15, 0.2) is 48.7 Å². The molecular formula is C23H20N8O2. The summed E-state index contributed by atoms with van der Waals surface area (Å²) in [6.45, 7) is 4.41. The van der Waals surface area contributed by atoms with Gasteiger partial charge in [-0.15, -0.1) is 10.2 Å². The van der Waals surface area contributed by atoms with Crippen LogP contribution in [0.25, 0.3) is 33.8 Å². The van der Waals surface area contributed by atoms with E-state index in [1.807, 2.05) is 54.8 Å². The summed E-state index contributed by atoms with van der Waals surface area (Å²) in [6.07, 6.45) is 2.40. The third-order valence-corrected chi connectivity index (χ3v) is 5.48. The monoisotopic (exact) mass is 440 g/mol. The van der Waals surface area contributed by atoms with Gasteiger partial charge in [-0.2, -0.15) is 5.21 Å². The zero-order valence-corrected chi connectivity index (χ0v) is 18.0. The molecule has 0 saturated carbocycles. The van der Waals surface area contributed by atoms with E-state index < -0.39 is 5.97 Å². The van der Waals surface area contributed by atoms with Crippen LogP contribution in [-0.2, 0) is 13.0 Å². The SMILES string of the molecule is CCc1nc2c(C)cc(C(=O)O)nc2n1Cc1ccc(-c2cccnc2-c2nn[nH]n2)cc1. The summed E-state index contributed by atoms with van der Waals surface area (Å²) in [5.41, 5.74) is 5.69. The lowest BCUT2D eigenvalue weighted by atomic mass is 10.0. The lowest BCUT2D eigenvalue weighted by Crippen LogP contribution is -2.07. The van der Waals surface area contributed by atoms with E-state index >= 15 is 0 Å². The summed E-state index contributed by atoms with van der Waals surface area (Å²) < 4.78 is 1.98. The van der Waals surface area contributed by atoms with Crippen LogP contribution < -0.4 is 0 Å². The minimum absolute atomic E-state index is 0.0183. The van der Waals surface area contributed by atoms with E-state index in [4.69, 9.17) is 4.98 Å². The molecule has 5 rings (SSSR count). The van der Waals surface area contributed by atoms with Crippen LogP contribution in [0.1, 0.15) is 34.4 Å². The number of nitrogens with one attached hydrogen (secondary N) is 1. The molecule has 0 atom stereocenters. The number of pyridine rings is 2. The smallest absolute Gasteiger partial charge is 0.354 e. The molecule has 10 nitrogen and oxygen atoms in total. The van der Waals surface area contributed by atoms with Gasteiger partial charge in [0.2, 0.25) is 5.82 Å². The number of imidazole rings is 1. The van der Waals surface area contributed by atoms with Gasteiger partial charge < -0.3 is 9.67 Å². The van der Waals surface area contributed by atoms with Gasteiger partial charge in [0.25, 0.3) is 0 Å². The van der Waals surface area contributed by atoms with E-state index in [1.54, 1.807) is 12.3 Å². The van der Waals surface area contributed by atoms with Crippen LogP contribution in [0.5, 0.6) is 0 Å². The van der Waals surface area contributed by atoms with Crippen molar-refractivity contribution in [3.05, 3.63) is 71.3 Å². The number of fused-ring (bicyclic) bond motifs is 1. The topological polar surface area (TPSA) is 135 Å². The van der Waals surface area contributed by atoms with Gasteiger partial charge in [-0.05, 0) is 41.0 Å². The maximum absolute atomic E-state index is 11.5. The minimum Gasteiger partial charge on any atom is -0.477 e. The molecular weight excluding hydrogens is 420 g/mol. The number of rotatable bonds is 6. The number of aryl methyl sites for hydroxylation is 2. The fourth-order valence-corrected chi connectivity index (χ4v) is 3.88. The molecule has 2 N–H and O–H groups in total. The van der Waals surface area contributed by atoms with E-state index in [2.05, 4.69) is 30.6 Å². The lowest BCUT2D eigenvalue weighted by molar-refractivity contribution is 0.0690.